The van der Waals surface area contributed by atoms with Crippen LogP contribution in [0.15, 0.2) is 52.4 Å². The minimum absolute atomic E-state index is 0.219. The van der Waals surface area contributed by atoms with Crippen LogP contribution in [0.1, 0.15) is 39.7 Å². The summed E-state index contributed by atoms with van der Waals surface area (Å²) in [5.41, 5.74) is 13.4. The number of rotatable bonds is 4. The fourth-order valence-electron chi connectivity index (χ4n) is 2.91. The Kier molecular flexibility index (Phi) is 5.17. The van der Waals surface area contributed by atoms with Crippen molar-refractivity contribution < 1.29 is 4.79 Å². The Morgan fingerprint density at radius 3 is 2.39 bits per heavy atom. The molecule has 0 unspecified atom stereocenters. The van der Waals surface area contributed by atoms with E-state index in [4.69, 9.17) is 5.73 Å². The molecule has 0 aliphatic heterocycles. The monoisotopic (exact) mass is 377 g/mol. The first kappa shape index (κ1) is 19.2. The van der Waals surface area contributed by atoms with E-state index in [1.54, 1.807) is 38.1 Å². The molecule has 144 valence electrons. The molecule has 2 aromatic carbocycles. The molecule has 0 aliphatic carbocycles. The molecule has 0 atom stereocenters. The topological polar surface area (TPSA) is 105 Å². The number of aromatic nitrogens is 2. The van der Waals surface area contributed by atoms with Crippen LogP contribution >= 0.6 is 0 Å². The van der Waals surface area contributed by atoms with Crippen LogP contribution in [0.25, 0.3) is 5.69 Å². The Balaban J connectivity index is 1.88. The molecule has 1 aromatic heterocycles. The van der Waals surface area contributed by atoms with Gasteiger partial charge in [-0.1, -0.05) is 6.07 Å². The van der Waals surface area contributed by atoms with Crippen molar-refractivity contribution in [3.05, 3.63) is 80.8 Å². The molecular formula is C21H23N5O2. The van der Waals surface area contributed by atoms with E-state index in [0.717, 1.165) is 16.8 Å². The van der Waals surface area contributed by atoms with Gasteiger partial charge in [0.15, 0.2) is 0 Å². The normalized spacial score (nSPS) is 11.5. The van der Waals surface area contributed by atoms with Gasteiger partial charge in [0.25, 0.3) is 11.5 Å². The second-order valence-corrected chi connectivity index (χ2v) is 6.78. The average molecular weight is 377 g/mol. The van der Waals surface area contributed by atoms with Gasteiger partial charge in [-0.25, -0.2) is 10.1 Å². The number of amides is 1. The zero-order chi connectivity index (χ0) is 20.4. The summed E-state index contributed by atoms with van der Waals surface area (Å²) < 4.78 is 1.48. The average Bonchev–Trinajstić information content (AvgIpc) is 2.96. The van der Waals surface area contributed by atoms with Gasteiger partial charge in [-0.05, 0) is 75.2 Å². The Labute approximate surface area is 162 Å². The third kappa shape index (κ3) is 3.73. The third-order valence-electron chi connectivity index (χ3n) is 4.68. The van der Waals surface area contributed by atoms with Crippen molar-refractivity contribution in [2.24, 2.45) is 5.10 Å². The van der Waals surface area contributed by atoms with Crippen LogP contribution < -0.4 is 16.7 Å². The zero-order valence-corrected chi connectivity index (χ0v) is 16.3. The lowest BCUT2D eigenvalue weighted by Gasteiger charge is -2.05. The molecule has 1 heterocycles. The predicted molar refractivity (Wildman–Crippen MR) is 111 cm³/mol. The molecule has 7 heteroatoms. The van der Waals surface area contributed by atoms with Gasteiger partial charge < -0.3 is 5.73 Å². The van der Waals surface area contributed by atoms with Crippen molar-refractivity contribution in [2.75, 3.05) is 5.73 Å². The summed E-state index contributed by atoms with van der Waals surface area (Å²) in [6.07, 6.45) is 0. The van der Waals surface area contributed by atoms with E-state index in [0.29, 0.717) is 28.2 Å². The highest BCUT2D eigenvalue weighted by molar-refractivity contribution is 6.01. The summed E-state index contributed by atoms with van der Waals surface area (Å²) in [5, 5.41) is 7.19. The molecular weight excluding hydrogens is 354 g/mol. The third-order valence-corrected chi connectivity index (χ3v) is 4.68. The van der Waals surface area contributed by atoms with Crippen LogP contribution in [0.3, 0.4) is 0 Å². The van der Waals surface area contributed by atoms with Crippen LogP contribution in [-0.2, 0) is 0 Å². The van der Waals surface area contributed by atoms with Gasteiger partial charge >= 0.3 is 0 Å². The fraction of sp³-hybridized carbons (Fsp3) is 0.190. The number of benzene rings is 2. The Hall–Kier alpha value is -3.61. The summed E-state index contributed by atoms with van der Waals surface area (Å²) in [4.78, 5) is 25.1. The van der Waals surface area contributed by atoms with Crippen LogP contribution in [0, 0.1) is 20.8 Å². The molecule has 0 bridgehead atoms. The summed E-state index contributed by atoms with van der Waals surface area (Å²) in [6.45, 7) is 7.51. The maximum absolute atomic E-state index is 12.9. The molecule has 1 amide bonds. The lowest BCUT2D eigenvalue weighted by atomic mass is 10.1. The molecule has 0 saturated heterocycles. The van der Waals surface area contributed by atoms with Crippen LogP contribution in [-0.4, -0.2) is 21.4 Å². The Bertz CT molecular complexity index is 1120. The van der Waals surface area contributed by atoms with Crippen LogP contribution in [0.4, 0.5) is 5.69 Å². The number of aromatic amines is 1. The number of hydrogen-bond acceptors (Lipinski definition) is 4. The minimum Gasteiger partial charge on any atom is -0.399 e. The van der Waals surface area contributed by atoms with Gasteiger partial charge in [-0.3, -0.25) is 14.7 Å². The number of nitrogen functional groups attached to an aromatic ring is 1. The van der Waals surface area contributed by atoms with Crippen LogP contribution in [0.5, 0.6) is 0 Å². The number of aryl methyl sites for hydroxylation is 3. The summed E-state index contributed by atoms with van der Waals surface area (Å²) in [6, 6.07) is 12.3. The minimum atomic E-state index is -0.373. The smallest absolute Gasteiger partial charge is 0.280 e. The van der Waals surface area contributed by atoms with Gasteiger partial charge in [-0.2, -0.15) is 5.10 Å². The second-order valence-electron chi connectivity index (χ2n) is 6.78. The van der Waals surface area contributed by atoms with Gasteiger partial charge in [0, 0.05) is 16.9 Å². The molecule has 0 fully saturated rings. The maximum Gasteiger partial charge on any atom is 0.280 e. The zero-order valence-electron chi connectivity index (χ0n) is 16.3. The van der Waals surface area contributed by atoms with E-state index in [1.165, 1.54) is 4.68 Å². The highest BCUT2D eigenvalue weighted by Gasteiger charge is 2.16. The van der Waals surface area contributed by atoms with Crippen molar-refractivity contribution in [3.63, 3.8) is 0 Å². The van der Waals surface area contributed by atoms with Gasteiger partial charge in [0.1, 0.15) is 0 Å². The maximum atomic E-state index is 12.9. The summed E-state index contributed by atoms with van der Waals surface area (Å²) in [5.74, 6) is -0.373. The quantitative estimate of drug-likeness (QED) is 0.370. The van der Waals surface area contributed by atoms with Crippen molar-refractivity contribution in [1.29, 1.82) is 0 Å². The first-order valence-electron chi connectivity index (χ1n) is 8.87. The second kappa shape index (κ2) is 7.56. The number of hydrazone groups is 1. The van der Waals surface area contributed by atoms with E-state index in [-0.39, 0.29) is 11.5 Å². The molecule has 3 rings (SSSR count). The predicted octanol–water partition coefficient (Wildman–Crippen LogP) is 2.83. The Morgan fingerprint density at radius 2 is 1.75 bits per heavy atom. The lowest BCUT2D eigenvalue weighted by molar-refractivity contribution is 0.0955. The van der Waals surface area contributed by atoms with E-state index >= 15 is 0 Å². The largest absolute Gasteiger partial charge is 0.399 e. The van der Waals surface area contributed by atoms with Crippen molar-refractivity contribution in [1.82, 2.24) is 15.2 Å². The van der Waals surface area contributed by atoms with E-state index in [2.05, 4.69) is 15.6 Å². The van der Waals surface area contributed by atoms with E-state index in [9.17, 15) is 9.59 Å². The highest BCUT2D eigenvalue weighted by atomic mass is 16.2. The van der Waals surface area contributed by atoms with Crippen LogP contribution in [0.2, 0.25) is 0 Å². The molecule has 4 N–H and O–H groups in total. The van der Waals surface area contributed by atoms with Crippen molar-refractivity contribution in [3.8, 4) is 5.69 Å². The number of nitrogens with zero attached hydrogens (tertiary/aromatic N) is 2. The summed E-state index contributed by atoms with van der Waals surface area (Å²) in [7, 11) is 0. The SMILES string of the molecule is C/C(=N\NC(=O)c1ccc(N)cc1)c1c(C)[nH]n(-c2ccc(C)c(C)c2)c1=O. The standard InChI is InChI=1S/C21H23N5O2/c1-12-5-10-18(11-13(12)2)26-21(28)19(15(4)25-26)14(3)23-24-20(27)16-6-8-17(22)9-7-16/h5-11,25H,22H2,1-4H3,(H,24,27)/b23-14+. The molecule has 0 saturated carbocycles. The van der Waals surface area contributed by atoms with Crippen molar-refractivity contribution >= 4 is 17.3 Å². The number of carbonyl (C=O) groups excluding carboxylic acids is 1. The molecule has 3 aromatic rings. The Morgan fingerprint density at radius 1 is 1.07 bits per heavy atom. The van der Waals surface area contributed by atoms with Gasteiger partial charge in [0.05, 0.1) is 17.0 Å². The highest BCUT2D eigenvalue weighted by Crippen LogP contribution is 2.13. The molecule has 28 heavy (non-hydrogen) atoms. The van der Waals surface area contributed by atoms with Crippen molar-refractivity contribution in [2.45, 2.75) is 27.7 Å². The molecule has 7 nitrogen and oxygen atoms in total. The van der Waals surface area contributed by atoms with E-state index in [1.807, 2.05) is 32.0 Å². The molecule has 0 spiro atoms. The first-order valence-corrected chi connectivity index (χ1v) is 8.87. The fourth-order valence-corrected chi connectivity index (χ4v) is 2.91. The number of anilines is 1. The number of carbonyl (C=O) groups is 1. The number of nitrogens with two attached hydrogens (primary N) is 1. The van der Waals surface area contributed by atoms with E-state index < -0.39 is 0 Å². The lowest BCUT2D eigenvalue weighted by Crippen LogP contribution is -2.23. The molecule has 0 aliphatic rings. The summed E-state index contributed by atoms with van der Waals surface area (Å²) >= 11 is 0. The van der Waals surface area contributed by atoms with Gasteiger partial charge in [-0.15, -0.1) is 0 Å². The molecule has 0 radical (unpaired) electrons. The number of nitrogens with one attached hydrogen (secondary N) is 2. The first-order chi connectivity index (χ1) is 13.3. The number of H-pyrrole nitrogens is 1. The number of hydrogen-bond donors (Lipinski definition) is 3. The van der Waals surface area contributed by atoms with Gasteiger partial charge in [0.2, 0.25) is 0 Å².